The van der Waals surface area contributed by atoms with E-state index in [1.54, 1.807) is 13.8 Å². The zero-order valence-corrected chi connectivity index (χ0v) is 10.3. The Hall–Kier alpha value is -0.130. The Morgan fingerprint density at radius 2 is 1.79 bits per heavy atom. The number of rotatable bonds is 6. The molecule has 0 radical (unpaired) electrons. The highest BCUT2D eigenvalue weighted by Gasteiger charge is 2.23. The van der Waals surface area contributed by atoms with E-state index in [9.17, 15) is 8.42 Å². The molecule has 0 aromatic heterocycles. The van der Waals surface area contributed by atoms with Crippen LogP contribution in [-0.2, 0) is 19.0 Å². The predicted molar refractivity (Wildman–Crippen MR) is 55.7 cm³/mol. The molecule has 86 valence electrons. The van der Waals surface area contributed by atoms with Gasteiger partial charge in [0.25, 0.3) is 10.1 Å². The van der Waals surface area contributed by atoms with Crippen molar-refractivity contribution in [1.82, 2.24) is 0 Å². The molecule has 0 saturated heterocycles. The third-order valence-corrected chi connectivity index (χ3v) is 2.29. The van der Waals surface area contributed by atoms with Crippen LogP contribution in [0.2, 0.25) is 0 Å². The molecule has 14 heavy (non-hydrogen) atoms. The number of ether oxygens (including phenoxy) is 1. The summed E-state index contributed by atoms with van der Waals surface area (Å²) in [6.45, 7) is 7.84. The molecule has 0 rings (SSSR count). The van der Waals surface area contributed by atoms with E-state index in [0.717, 1.165) is 6.26 Å². The summed E-state index contributed by atoms with van der Waals surface area (Å²) in [7, 11) is -3.39. The van der Waals surface area contributed by atoms with Gasteiger partial charge in [-0.25, -0.2) is 0 Å². The minimum absolute atomic E-state index is 0.157. The van der Waals surface area contributed by atoms with Gasteiger partial charge in [-0.1, -0.05) is 0 Å². The molecule has 0 aliphatic heterocycles. The minimum atomic E-state index is -3.39. The normalized spacial score (nSPS) is 13.6. The summed E-state index contributed by atoms with van der Waals surface area (Å²) in [5.74, 6) is 0. The average molecular weight is 224 g/mol. The summed E-state index contributed by atoms with van der Waals surface area (Å²) >= 11 is 0. The highest BCUT2D eigenvalue weighted by atomic mass is 32.2. The fraction of sp³-hybridized carbons (Fsp3) is 1.00. The molecule has 5 heteroatoms. The Bertz CT molecular complexity index is 254. The van der Waals surface area contributed by atoms with Crippen LogP contribution < -0.4 is 0 Å². The van der Waals surface area contributed by atoms with Gasteiger partial charge in [-0.15, -0.1) is 0 Å². The lowest BCUT2D eigenvalue weighted by Crippen LogP contribution is -2.29. The molecule has 4 nitrogen and oxygen atoms in total. The molecule has 0 heterocycles. The summed E-state index contributed by atoms with van der Waals surface area (Å²) in [4.78, 5) is 0. The first-order chi connectivity index (χ1) is 6.12. The van der Waals surface area contributed by atoms with E-state index in [1.165, 1.54) is 0 Å². The molecular formula is C9H20O4S. The molecule has 0 saturated carbocycles. The van der Waals surface area contributed by atoms with Crippen molar-refractivity contribution in [3.8, 4) is 0 Å². The smallest absolute Gasteiger partial charge is 0.264 e. The van der Waals surface area contributed by atoms with Gasteiger partial charge in [0.2, 0.25) is 0 Å². The highest BCUT2D eigenvalue weighted by molar-refractivity contribution is 7.86. The van der Waals surface area contributed by atoms with Crippen LogP contribution in [0.4, 0.5) is 0 Å². The van der Waals surface area contributed by atoms with E-state index in [-0.39, 0.29) is 6.10 Å². The quantitative estimate of drug-likeness (QED) is 0.642. The van der Waals surface area contributed by atoms with Gasteiger partial charge in [0.05, 0.1) is 18.0 Å². The Kier molecular flexibility index (Phi) is 5.05. The van der Waals surface area contributed by atoms with Crippen molar-refractivity contribution in [3.63, 3.8) is 0 Å². The maximum Gasteiger partial charge on any atom is 0.264 e. The Labute approximate surface area is 86.7 Å². The van der Waals surface area contributed by atoms with E-state index in [4.69, 9.17) is 8.92 Å². The van der Waals surface area contributed by atoms with Crippen molar-refractivity contribution in [1.29, 1.82) is 0 Å². The molecule has 0 bridgehead atoms. The van der Waals surface area contributed by atoms with Crippen molar-refractivity contribution in [2.24, 2.45) is 0 Å². The molecule has 0 N–H and O–H groups in total. The van der Waals surface area contributed by atoms with Gasteiger partial charge in [-0.05, 0) is 27.7 Å². The molecule has 0 unspecified atom stereocenters. The Balaban J connectivity index is 3.96. The topological polar surface area (TPSA) is 52.6 Å². The maximum atomic E-state index is 10.9. The van der Waals surface area contributed by atoms with E-state index >= 15 is 0 Å². The molecule has 0 aromatic rings. The zero-order valence-electron chi connectivity index (χ0n) is 9.53. The Morgan fingerprint density at radius 1 is 1.29 bits per heavy atom. The second-order valence-electron chi connectivity index (χ2n) is 4.22. The standard InChI is InChI=1S/C9H20O4S/c1-8(2)12-7-6-9(3,4)13-14(5,10)11/h8H,6-7H2,1-5H3. The van der Waals surface area contributed by atoms with Crippen LogP contribution in [0.25, 0.3) is 0 Å². The molecule has 0 aliphatic rings. The van der Waals surface area contributed by atoms with Gasteiger partial charge < -0.3 is 4.74 Å². The van der Waals surface area contributed by atoms with Crippen LogP contribution in [-0.4, -0.2) is 33.0 Å². The second-order valence-corrected chi connectivity index (χ2v) is 5.79. The van der Waals surface area contributed by atoms with Gasteiger partial charge in [-0.3, -0.25) is 4.18 Å². The SMILES string of the molecule is CC(C)OCCC(C)(C)OS(C)(=O)=O. The van der Waals surface area contributed by atoms with E-state index in [1.807, 2.05) is 13.8 Å². The molecule has 0 amide bonds. The van der Waals surface area contributed by atoms with Crippen LogP contribution in [0, 0.1) is 0 Å². The molecule has 0 atom stereocenters. The van der Waals surface area contributed by atoms with Gasteiger partial charge in [0.1, 0.15) is 0 Å². The number of hydrogen-bond donors (Lipinski definition) is 0. The van der Waals surface area contributed by atoms with Crippen molar-refractivity contribution in [2.45, 2.75) is 45.8 Å². The first-order valence-corrected chi connectivity index (χ1v) is 6.46. The van der Waals surface area contributed by atoms with E-state index < -0.39 is 15.7 Å². The lowest BCUT2D eigenvalue weighted by atomic mass is 10.1. The lowest BCUT2D eigenvalue weighted by Gasteiger charge is -2.23. The third-order valence-electron chi connectivity index (χ3n) is 1.53. The van der Waals surface area contributed by atoms with Crippen LogP contribution in [0.5, 0.6) is 0 Å². The van der Waals surface area contributed by atoms with E-state index in [2.05, 4.69) is 0 Å². The Morgan fingerprint density at radius 3 is 2.14 bits per heavy atom. The van der Waals surface area contributed by atoms with Gasteiger partial charge in [0.15, 0.2) is 0 Å². The minimum Gasteiger partial charge on any atom is -0.379 e. The molecule has 0 aliphatic carbocycles. The fourth-order valence-corrected chi connectivity index (χ4v) is 1.89. The largest absolute Gasteiger partial charge is 0.379 e. The lowest BCUT2D eigenvalue weighted by molar-refractivity contribution is 0.0267. The van der Waals surface area contributed by atoms with Crippen molar-refractivity contribution < 1.29 is 17.3 Å². The molecule has 0 spiro atoms. The maximum absolute atomic E-state index is 10.9. The summed E-state index contributed by atoms with van der Waals surface area (Å²) in [6, 6.07) is 0. The van der Waals surface area contributed by atoms with Gasteiger partial charge >= 0.3 is 0 Å². The monoisotopic (exact) mass is 224 g/mol. The summed E-state index contributed by atoms with van der Waals surface area (Å²) in [5.41, 5.74) is -0.692. The summed E-state index contributed by atoms with van der Waals surface area (Å²) in [5, 5.41) is 0. The van der Waals surface area contributed by atoms with Crippen LogP contribution in [0.15, 0.2) is 0 Å². The van der Waals surface area contributed by atoms with Gasteiger partial charge in [0, 0.05) is 13.0 Å². The van der Waals surface area contributed by atoms with E-state index in [0.29, 0.717) is 13.0 Å². The summed E-state index contributed by atoms with van der Waals surface area (Å²) < 4.78 is 32.0. The summed E-state index contributed by atoms with van der Waals surface area (Å²) in [6.07, 6.45) is 1.76. The van der Waals surface area contributed by atoms with Crippen molar-refractivity contribution in [2.75, 3.05) is 12.9 Å². The predicted octanol–water partition coefficient (Wildman–Crippen LogP) is 1.56. The van der Waals surface area contributed by atoms with Crippen molar-refractivity contribution >= 4 is 10.1 Å². The fourth-order valence-electron chi connectivity index (χ4n) is 0.992. The number of hydrogen-bond acceptors (Lipinski definition) is 4. The van der Waals surface area contributed by atoms with Gasteiger partial charge in [-0.2, -0.15) is 8.42 Å². The van der Waals surface area contributed by atoms with Crippen LogP contribution in [0.1, 0.15) is 34.1 Å². The van der Waals surface area contributed by atoms with Crippen LogP contribution in [0.3, 0.4) is 0 Å². The molecular weight excluding hydrogens is 204 g/mol. The molecule has 0 fully saturated rings. The highest BCUT2D eigenvalue weighted by Crippen LogP contribution is 2.17. The van der Waals surface area contributed by atoms with Crippen molar-refractivity contribution in [3.05, 3.63) is 0 Å². The molecule has 0 aromatic carbocycles. The van der Waals surface area contributed by atoms with Crippen LogP contribution >= 0.6 is 0 Å². The first-order valence-electron chi connectivity index (χ1n) is 4.65. The average Bonchev–Trinajstić information content (AvgIpc) is 1.78. The first kappa shape index (κ1) is 13.9. The third kappa shape index (κ3) is 8.47. The second kappa shape index (κ2) is 5.09. The zero-order chi connectivity index (χ0) is 11.4.